The molecule has 0 spiro atoms. The van der Waals surface area contributed by atoms with Crippen LogP contribution in [0.15, 0.2) is 117 Å². The molecule has 0 amide bonds. The molecule has 1 aliphatic carbocycles. The third kappa shape index (κ3) is 6.51. The van der Waals surface area contributed by atoms with Crippen molar-refractivity contribution in [3.63, 3.8) is 0 Å². The summed E-state index contributed by atoms with van der Waals surface area (Å²) < 4.78 is 10.6. The molecule has 0 N–H and O–H groups in total. The van der Waals surface area contributed by atoms with Gasteiger partial charge < -0.3 is 4.74 Å². The molecule has 0 saturated carbocycles. The first-order valence-electron chi connectivity index (χ1n) is 11.9. The lowest BCUT2D eigenvalue weighted by molar-refractivity contribution is -0.521. The van der Waals surface area contributed by atoms with Crippen molar-refractivity contribution in [3.8, 4) is 6.07 Å². The lowest BCUT2D eigenvalue weighted by atomic mass is 9.98. The van der Waals surface area contributed by atoms with Gasteiger partial charge in [-0.1, -0.05) is 62.2 Å². The first-order chi connectivity index (χ1) is 17.5. The Morgan fingerprint density at radius 1 is 0.889 bits per heavy atom. The number of nitriles is 1. The highest BCUT2D eigenvalue weighted by Gasteiger charge is 2.16. The fourth-order valence-corrected chi connectivity index (χ4v) is 4.57. The molecule has 2 aromatic carbocycles. The van der Waals surface area contributed by atoms with Gasteiger partial charge in [0.2, 0.25) is 0 Å². The van der Waals surface area contributed by atoms with Gasteiger partial charge in [0.05, 0.1) is 12.5 Å². The second-order valence-electron chi connectivity index (χ2n) is 8.49. The second kappa shape index (κ2) is 12.2. The van der Waals surface area contributed by atoms with Crippen molar-refractivity contribution in [1.82, 2.24) is 0 Å². The second-order valence-corrected chi connectivity index (χ2v) is 10.3. The van der Waals surface area contributed by atoms with Crippen molar-refractivity contribution >= 4 is 48.9 Å². The lowest BCUT2D eigenvalue weighted by Gasteiger charge is -2.18. The molecule has 0 bridgehead atoms. The largest absolute Gasteiger partial charge is 0.457 e. The number of nitrogens with zero attached hydrogens (tertiary/aromatic N) is 2. The number of rotatable bonds is 6. The molecule has 2 aromatic rings. The van der Waals surface area contributed by atoms with Crippen LogP contribution >= 0.6 is 31.9 Å². The Morgan fingerprint density at radius 2 is 1.56 bits per heavy atom. The van der Waals surface area contributed by atoms with E-state index in [1.807, 2.05) is 18.2 Å². The smallest absolute Gasteiger partial charge is 0.200 e. The molecule has 1 heterocycles. The summed E-state index contributed by atoms with van der Waals surface area (Å²) in [4.78, 5) is 0. The predicted molar refractivity (Wildman–Crippen MR) is 155 cm³/mol. The number of hydrogen-bond acceptors (Lipinski definition) is 2. The van der Waals surface area contributed by atoms with Gasteiger partial charge in [-0.15, -0.1) is 0 Å². The summed E-state index contributed by atoms with van der Waals surface area (Å²) in [7, 11) is 0. The predicted octanol–water partition coefficient (Wildman–Crippen LogP) is 8.38. The SMILES string of the molecule is CC[N+](CCC#N)=C1C=C/C(=C\C=C2/C=C(c3ccc(Br)cc3)C=C(c3ccc(Br)cc3)O2)C(C)=C1. The Morgan fingerprint density at radius 3 is 2.17 bits per heavy atom. The first-order valence-corrected chi connectivity index (χ1v) is 13.5. The van der Waals surface area contributed by atoms with Crippen LogP contribution in [0.25, 0.3) is 11.3 Å². The van der Waals surface area contributed by atoms with Crippen molar-refractivity contribution in [2.24, 2.45) is 0 Å². The van der Waals surface area contributed by atoms with Crippen LogP contribution < -0.4 is 0 Å². The number of benzene rings is 2. The van der Waals surface area contributed by atoms with E-state index in [1.54, 1.807) is 0 Å². The van der Waals surface area contributed by atoms with Crippen molar-refractivity contribution in [2.45, 2.75) is 20.3 Å². The van der Waals surface area contributed by atoms with Gasteiger partial charge in [0.25, 0.3) is 0 Å². The van der Waals surface area contributed by atoms with E-state index in [0.717, 1.165) is 61.5 Å². The van der Waals surface area contributed by atoms with Crippen LogP contribution in [0.4, 0.5) is 0 Å². The Bertz CT molecular complexity index is 1390. The van der Waals surface area contributed by atoms with E-state index < -0.39 is 0 Å². The summed E-state index contributed by atoms with van der Waals surface area (Å²) in [5.41, 5.74) is 6.68. The highest BCUT2D eigenvalue weighted by molar-refractivity contribution is 9.10. The minimum atomic E-state index is 0.519. The third-order valence-corrected chi connectivity index (χ3v) is 7.10. The van der Waals surface area contributed by atoms with Gasteiger partial charge in [0, 0.05) is 26.7 Å². The van der Waals surface area contributed by atoms with E-state index in [2.05, 4.69) is 129 Å². The average molecular weight is 603 g/mol. The molecule has 5 heteroatoms. The molecule has 0 fully saturated rings. The molecule has 0 unspecified atom stereocenters. The molecule has 36 heavy (non-hydrogen) atoms. The van der Waals surface area contributed by atoms with Crippen LogP contribution in [0.2, 0.25) is 0 Å². The van der Waals surface area contributed by atoms with Crippen molar-refractivity contribution in [1.29, 1.82) is 5.26 Å². The minimum Gasteiger partial charge on any atom is -0.457 e. The summed E-state index contributed by atoms with van der Waals surface area (Å²) in [6, 6.07) is 18.7. The molecular formula is C31H27Br2N2O+. The summed E-state index contributed by atoms with van der Waals surface area (Å²) >= 11 is 7.04. The van der Waals surface area contributed by atoms with Gasteiger partial charge in [0.15, 0.2) is 12.3 Å². The van der Waals surface area contributed by atoms with Crippen LogP contribution in [0.1, 0.15) is 31.4 Å². The number of ether oxygens (including phenoxy) is 1. The number of hydrogen-bond donors (Lipinski definition) is 0. The lowest BCUT2D eigenvalue weighted by Crippen LogP contribution is -2.21. The van der Waals surface area contributed by atoms with Crippen molar-refractivity contribution in [2.75, 3.05) is 13.1 Å². The quantitative estimate of drug-likeness (QED) is 0.311. The van der Waals surface area contributed by atoms with Gasteiger partial charge in [0.1, 0.15) is 18.1 Å². The van der Waals surface area contributed by atoms with Crippen LogP contribution in [0.3, 0.4) is 0 Å². The topological polar surface area (TPSA) is 36.0 Å². The summed E-state index contributed by atoms with van der Waals surface area (Å²) in [5, 5.41) is 8.94. The van der Waals surface area contributed by atoms with Gasteiger partial charge in [-0.2, -0.15) is 5.26 Å². The summed E-state index contributed by atoms with van der Waals surface area (Å²) in [5.74, 6) is 1.59. The molecule has 0 atom stereocenters. The zero-order valence-electron chi connectivity index (χ0n) is 20.3. The van der Waals surface area contributed by atoms with E-state index in [4.69, 9.17) is 10.00 Å². The molecular weight excluding hydrogens is 576 g/mol. The van der Waals surface area contributed by atoms with E-state index in [1.165, 1.54) is 5.57 Å². The molecule has 2 aliphatic rings. The maximum Gasteiger partial charge on any atom is 0.200 e. The van der Waals surface area contributed by atoms with Crippen molar-refractivity contribution in [3.05, 3.63) is 128 Å². The van der Waals surface area contributed by atoms with Gasteiger partial charge >= 0.3 is 0 Å². The van der Waals surface area contributed by atoms with Gasteiger partial charge in [-0.05, 0) is 84.7 Å². The molecule has 3 nitrogen and oxygen atoms in total. The average Bonchev–Trinajstić information content (AvgIpc) is 2.89. The molecule has 180 valence electrons. The molecule has 0 saturated heterocycles. The zero-order chi connectivity index (χ0) is 25.5. The Kier molecular flexibility index (Phi) is 8.74. The van der Waals surface area contributed by atoms with Gasteiger partial charge in [-0.3, -0.25) is 0 Å². The number of allylic oxidation sites excluding steroid dienone is 10. The standard InChI is InChI=1S/C31H27Br2N2O/c1-3-35(18-4-17-34)29-15-9-23(22(2)19-29)10-16-30-20-26(24-5-11-27(32)12-6-24)21-31(36-30)25-7-13-28(33)14-8-25/h5-16,19-21H,3-4,18H2,1-2H3/q+1/b23-10+,30-16+,35-29?. The monoisotopic (exact) mass is 601 g/mol. The van der Waals surface area contributed by atoms with E-state index in [9.17, 15) is 0 Å². The van der Waals surface area contributed by atoms with Crippen molar-refractivity contribution < 1.29 is 9.31 Å². The molecule has 0 radical (unpaired) electrons. The highest BCUT2D eigenvalue weighted by Crippen LogP contribution is 2.33. The van der Waals surface area contributed by atoms with Gasteiger partial charge in [-0.25, -0.2) is 4.58 Å². The summed E-state index contributed by atoms with van der Waals surface area (Å²) in [6.45, 7) is 5.84. The van der Waals surface area contributed by atoms with E-state index >= 15 is 0 Å². The van der Waals surface area contributed by atoms with Crippen LogP contribution in [-0.4, -0.2) is 23.4 Å². The van der Waals surface area contributed by atoms with E-state index in [0.29, 0.717) is 6.42 Å². The zero-order valence-corrected chi connectivity index (χ0v) is 23.5. The van der Waals surface area contributed by atoms with E-state index in [-0.39, 0.29) is 0 Å². The Hall–Kier alpha value is -3.20. The molecule has 1 aliphatic heterocycles. The highest BCUT2D eigenvalue weighted by atomic mass is 79.9. The Labute approximate surface area is 230 Å². The fourth-order valence-electron chi connectivity index (χ4n) is 4.04. The number of halogens is 2. The summed E-state index contributed by atoms with van der Waals surface area (Å²) in [6.07, 6.45) is 15.2. The fraction of sp³-hybridized carbons (Fsp3) is 0.161. The van der Waals surface area contributed by atoms with Crippen LogP contribution in [0.5, 0.6) is 0 Å². The van der Waals surface area contributed by atoms with Crippen LogP contribution in [0, 0.1) is 11.3 Å². The Balaban J connectivity index is 1.66. The third-order valence-electron chi connectivity index (χ3n) is 6.04. The maximum absolute atomic E-state index is 8.94. The molecule has 4 rings (SSSR count). The minimum absolute atomic E-state index is 0.519. The first kappa shape index (κ1) is 25.9. The maximum atomic E-state index is 8.94. The van der Waals surface area contributed by atoms with Crippen LogP contribution in [-0.2, 0) is 4.74 Å². The molecule has 0 aromatic heterocycles. The normalized spacial score (nSPS) is 18.8.